The van der Waals surface area contributed by atoms with Crippen LogP contribution in [0.4, 0.5) is 8.78 Å². The van der Waals surface area contributed by atoms with Gasteiger partial charge in [-0.2, -0.15) is 4.98 Å². The van der Waals surface area contributed by atoms with E-state index in [1.165, 1.54) is 12.1 Å². The van der Waals surface area contributed by atoms with Gasteiger partial charge in [0.05, 0.1) is 13.1 Å². The molecule has 138 valence electrons. The molecule has 2 aromatic rings. The molecule has 0 unspecified atom stereocenters. The van der Waals surface area contributed by atoms with Crippen LogP contribution in [-0.2, 0) is 13.0 Å². The number of nitrogens with one attached hydrogen (secondary N) is 1. The van der Waals surface area contributed by atoms with E-state index in [0.29, 0.717) is 23.9 Å². The minimum atomic E-state index is -3.12. The molecule has 0 saturated heterocycles. The Morgan fingerprint density at radius 3 is 2.60 bits per heavy atom. The average molecular weight is 377 g/mol. The summed E-state index contributed by atoms with van der Waals surface area (Å²) >= 11 is 0. The molecule has 0 spiro atoms. The molecule has 2 rings (SSSR count). The number of hydrogen-bond donors (Lipinski definition) is 2. The Hall–Kier alpha value is -2.26. The molecule has 3 N–H and O–H groups in total. The molecular weight excluding hydrogens is 358 g/mol. The van der Waals surface area contributed by atoms with Crippen LogP contribution < -0.4 is 15.8 Å². The summed E-state index contributed by atoms with van der Waals surface area (Å²) in [5, 5.41) is 5.88. The maximum absolute atomic E-state index is 13.0. The molecule has 1 heterocycles. The zero-order valence-corrected chi connectivity index (χ0v) is 14.3. The fourth-order valence-corrected chi connectivity index (χ4v) is 1.73. The Balaban J connectivity index is 0.00000312. The van der Waals surface area contributed by atoms with Crippen molar-refractivity contribution in [1.29, 1.82) is 0 Å². The summed E-state index contributed by atoms with van der Waals surface area (Å²) in [6, 6.07) is 6.05. The minimum Gasteiger partial charge on any atom is -0.485 e. The van der Waals surface area contributed by atoms with Gasteiger partial charge >= 0.3 is 0 Å². The first-order chi connectivity index (χ1) is 11.4. The molecule has 0 saturated carbocycles. The second-order valence-electron chi connectivity index (χ2n) is 5.01. The van der Waals surface area contributed by atoms with E-state index in [0.717, 1.165) is 0 Å². The van der Waals surface area contributed by atoms with E-state index in [4.69, 9.17) is 15.0 Å². The number of amides is 1. The minimum absolute atomic E-state index is 0. The first kappa shape index (κ1) is 20.8. The van der Waals surface area contributed by atoms with E-state index in [1.54, 1.807) is 12.1 Å². The van der Waals surface area contributed by atoms with Crippen molar-refractivity contribution < 1.29 is 22.8 Å². The quantitative estimate of drug-likeness (QED) is 0.730. The molecule has 0 bridgehead atoms. The van der Waals surface area contributed by atoms with Crippen LogP contribution in [0, 0.1) is 0 Å². The predicted molar refractivity (Wildman–Crippen MR) is 88.0 cm³/mol. The van der Waals surface area contributed by atoms with Gasteiger partial charge in [-0.1, -0.05) is 12.1 Å². The number of alkyl halides is 2. The summed E-state index contributed by atoms with van der Waals surface area (Å²) in [5.41, 5.74) is 5.15. The normalized spacial score (nSPS) is 10.9. The highest BCUT2D eigenvalue weighted by atomic mass is 35.5. The maximum Gasteiger partial charge on any atom is 0.277 e. The fraction of sp³-hybridized carbons (Fsp3) is 0.400. The van der Waals surface area contributed by atoms with Gasteiger partial charge in [0.2, 0.25) is 11.7 Å². The van der Waals surface area contributed by atoms with Gasteiger partial charge in [0.1, 0.15) is 5.75 Å². The van der Waals surface area contributed by atoms with Crippen LogP contribution in [0.2, 0.25) is 0 Å². The second-order valence-corrected chi connectivity index (χ2v) is 5.01. The summed E-state index contributed by atoms with van der Waals surface area (Å²) in [4.78, 5) is 15.9. The Labute approximate surface area is 149 Å². The standard InChI is InChI=1S/C15H18F2N4O3.ClH/c1-2-13-20-12(21-24-13)7-23-11-5-3-10(4-6-11)14(22)19-9-15(16,17)8-18;/h3-6H,2,7-9,18H2,1H3,(H,19,22);1H. The summed E-state index contributed by atoms with van der Waals surface area (Å²) < 4.78 is 36.4. The Bertz CT molecular complexity index is 680. The van der Waals surface area contributed by atoms with Crippen molar-refractivity contribution in [2.75, 3.05) is 13.1 Å². The third kappa shape index (κ3) is 6.28. The van der Waals surface area contributed by atoms with Gasteiger partial charge < -0.3 is 20.3 Å². The summed E-state index contributed by atoms with van der Waals surface area (Å²) in [5.74, 6) is -2.31. The zero-order chi connectivity index (χ0) is 17.6. The molecule has 0 aliphatic carbocycles. The van der Waals surface area contributed by atoms with Gasteiger partial charge in [0.25, 0.3) is 11.8 Å². The summed E-state index contributed by atoms with van der Waals surface area (Å²) in [6.07, 6.45) is 0.639. The van der Waals surface area contributed by atoms with Gasteiger partial charge in [-0.05, 0) is 24.3 Å². The van der Waals surface area contributed by atoms with Crippen molar-refractivity contribution in [3.63, 3.8) is 0 Å². The van der Waals surface area contributed by atoms with E-state index in [9.17, 15) is 13.6 Å². The van der Waals surface area contributed by atoms with Crippen LogP contribution in [0.25, 0.3) is 0 Å². The van der Waals surface area contributed by atoms with Gasteiger partial charge in [0.15, 0.2) is 6.61 Å². The number of rotatable bonds is 8. The lowest BCUT2D eigenvalue weighted by molar-refractivity contribution is 0.0118. The molecule has 10 heteroatoms. The van der Waals surface area contributed by atoms with Gasteiger partial charge in [0, 0.05) is 12.0 Å². The molecule has 0 aliphatic heterocycles. The molecule has 7 nitrogen and oxygen atoms in total. The monoisotopic (exact) mass is 376 g/mol. The first-order valence-electron chi connectivity index (χ1n) is 7.34. The first-order valence-corrected chi connectivity index (χ1v) is 7.34. The SMILES string of the molecule is CCc1nc(COc2ccc(C(=O)NCC(F)(F)CN)cc2)no1.Cl. The second kappa shape index (κ2) is 9.28. The molecular formula is C15H19ClF2N4O3. The number of carbonyl (C=O) groups excluding carboxylic acids is 1. The lowest BCUT2D eigenvalue weighted by atomic mass is 10.2. The number of hydrogen-bond acceptors (Lipinski definition) is 6. The van der Waals surface area contributed by atoms with E-state index >= 15 is 0 Å². The number of carbonyl (C=O) groups is 1. The Kier molecular flexibility index (Phi) is 7.72. The predicted octanol–water partition coefficient (Wildman–Crippen LogP) is 1.96. The molecule has 1 amide bonds. The van der Waals surface area contributed by atoms with Crippen LogP contribution in [0.15, 0.2) is 28.8 Å². The third-order valence-corrected chi connectivity index (χ3v) is 3.10. The van der Waals surface area contributed by atoms with E-state index < -0.39 is 24.9 Å². The number of halogens is 3. The lowest BCUT2D eigenvalue weighted by Crippen LogP contribution is -2.41. The van der Waals surface area contributed by atoms with Crippen molar-refractivity contribution in [2.45, 2.75) is 25.9 Å². The van der Waals surface area contributed by atoms with Crippen LogP contribution >= 0.6 is 12.4 Å². The molecule has 0 fully saturated rings. The Morgan fingerprint density at radius 2 is 2.04 bits per heavy atom. The topological polar surface area (TPSA) is 103 Å². The molecule has 0 radical (unpaired) electrons. The number of nitrogens with two attached hydrogens (primary N) is 1. The molecule has 0 aliphatic rings. The smallest absolute Gasteiger partial charge is 0.277 e. The number of ether oxygens (including phenoxy) is 1. The molecule has 25 heavy (non-hydrogen) atoms. The van der Waals surface area contributed by atoms with Gasteiger partial charge in [-0.3, -0.25) is 4.79 Å². The molecule has 1 aromatic carbocycles. The lowest BCUT2D eigenvalue weighted by Gasteiger charge is -2.14. The fourth-order valence-electron chi connectivity index (χ4n) is 1.73. The van der Waals surface area contributed by atoms with Crippen molar-refractivity contribution in [3.8, 4) is 5.75 Å². The van der Waals surface area contributed by atoms with Gasteiger partial charge in [-0.25, -0.2) is 8.78 Å². The highest BCUT2D eigenvalue weighted by Gasteiger charge is 2.27. The van der Waals surface area contributed by atoms with E-state index in [-0.39, 0.29) is 24.6 Å². The number of aryl methyl sites for hydroxylation is 1. The van der Waals surface area contributed by atoms with Crippen molar-refractivity contribution >= 4 is 18.3 Å². The van der Waals surface area contributed by atoms with Crippen molar-refractivity contribution in [3.05, 3.63) is 41.5 Å². The summed E-state index contributed by atoms with van der Waals surface area (Å²) in [6.45, 7) is 0.386. The number of nitrogens with zero attached hydrogens (tertiary/aromatic N) is 2. The Morgan fingerprint density at radius 1 is 1.36 bits per heavy atom. The van der Waals surface area contributed by atoms with E-state index in [2.05, 4.69) is 15.5 Å². The van der Waals surface area contributed by atoms with Crippen LogP contribution in [0.3, 0.4) is 0 Å². The average Bonchev–Trinajstić information content (AvgIpc) is 3.06. The highest BCUT2D eigenvalue weighted by molar-refractivity contribution is 5.94. The highest BCUT2D eigenvalue weighted by Crippen LogP contribution is 2.14. The summed E-state index contributed by atoms with van der Waals surface area (Å²) in [7, 11) is 0. The van der Waals surface area contributed by atoms with E-state index in [1.807, 2.05) is 6.92 Å². The van der Waals surface area contributed by atoms with Crippen LogP contribution in [-0.4, -0.2) is 35.1 Å². The molecule has 1 aromatic heterocycles. The zero-order valence-electron chi connectivity index (χ0n) is 13.5. The van der Waals surface area contributed by atoms with Crippen molar-refractivity contribution in [1.82, 2.24) is 15.5 Å². The maximum atomic E-state index is 13.0. The van der Waals surface area contributed by atoms with Crippen LogP contribution in [0.5, 0.6) is 5.75 Å². The third-order valence-electron chi connectivity index (χ3n) is 3.10. The molecule has 0 atom stereocenters. The largest absolute Gasteiger partial charge is 0.485 e. The van der Waals surface area contributed by atoms with Crippen LogP contribution in [0.1, 0.15) is 29.0 Å². The number of aromatic nitrogens is 2. The number of benzene rings is 1. The van der Waals surface area contributed by atoms with Crippen molar-refractivity contribution in [2.24, 2.45) is 5.73 Å². The van der Waals surface area contributed by atoms with Gasteiger partial charge in [-0.15, -0.1) is 12.4 Å².